The zero-order valence-corrected chi connectivity index (χ0v) is 34.5. The molecule has 0 aromatic rings. The first-order valence-corrected chi connectivity index (χ1v) is 21.1. The Kier molecular flexibility index (Phi) is 17.6. The fourth-order valence-corrected chi connectivity index (χ4v) is 8.93. The summed E-state index contributed by atoms with van der Waals surface area (Å²) < 4.78 is 67.9. The summed E-state index contributed by atoms with van der Waals surface area (Å²) in [7, 11) is 0. The monoisotopic (exact) mass is 972 g/mol. The molecule has 22 aliphatic rings. The number of hydrogen-bond acceptors (Lipinski definition) is 30. The highest BCUT2D eigenvalue weighted by atomic mass is 16.8. The Balaban J connectivity index is 1.19. The third-order valence-electron chi connectivity index (χ3n) is 12.7. The second kappa shape index (κ2) is 22.1. The largest absolute Gasteiger partial charge is 0.394 e. The lowest BCUT2D eigenvalue weighted by atomic mass is 9.94. The van der Waals surface area contributed by atoms with E-state index in [4.69, 9.17) is 56.8 Å². The molecule has 66 heavy (non-hydrogen) atoms. The highest BCUT2D eigenvalue weighted by Crippen LogP contribution is 2.38. The Morgan fingerprint density at radius 2 is 0.303 bits per heavy atom. The lowest BCUT2D eigenvalue weighted by molar-refractivity contribution is -0.404. The van der Waals surface area contributed by atoms with Gasteiger partial charge in [-0.05, 0) is 0 Å². The minimum Gasteiger partial charge on any atom is -0.394 e. The van der Waals surface area contributed by atoms with Gasteiger partial charge in [-0.2, -0.15) is 0 Å². The molecule has 0 amide bonds. The molecule has 22 fully saturated rings. The molecule has 384 valence electrons. The van der Waals surface area contributed by atoms with Crippen LogP contribution in [0, 0.1) is 0 Å². The normalized spacial score (nSPS) is 55.4. The second-order valence-corrected chi connectivity index (χ2v) is 16.8. The van der Waals surface area contributed by atoms with E-state index in [-0.39, 0.29) is 0 Å². The summed E-state index contributed by atoms with van der Waals surface area (Å²) in [4.78, 5) is 0. The first-order valence-electron chi connectivity index (χ1n) is 21.1. The van der Waals surface area contributed by atoms with Crippen LogP contribution in [0.2, 0.25) is 0 Å². The van der Waals surface area contributed by atoms with Gasteiger partial charge in [0.1, 0.15) is 146 Å². The van der Waals surface area contributed by atoms with Crippen LogP contribution >= 0.6 is 0 Å². The van der Waals surface area contributed by atoms with Crippen molar-refractivity contribution in [3.05, 3.63) is 0 Å². The van der Waals surface area contributed by atoms with Gasteiger partial charge in [-0.25, -0.2) is 0 Å². The molecule has 30 heteroatoms. The van der Waals surface area contributed by atoms with Crippen molar-refractivity contribution < 1.29 is 149 Å². The van der Waals surface area contributed by atoms with E-state index in [9.17, 15) is 91.9 Å². The minimum absolute atomic E-state index is 0.999. The first-order chi connectivity index (χ1) is 31.4. The highest BCUT2D eigenvalue weighted by molar-refractivity contribution is 5.01. The van der Waals surface area contributed by atoms with Crippen molar-refractivity contribution in [1.29, 1.82) is 0 Å². The van der Waals surface area contributed by atoms with Gasteiger partial charge in [-0.1, -0.05) is 0 Å². The maximum atomic E-state index is 11.2. The van der Waals surface area contributed by atoms with Crippen molar-refractivity contribution >= 4 is 0 Å². The molecule has 0 unspecified atom stereocenters. The number of aliphatic hydroxyl groups excluding tert-OH is 18. The van der Waals surface area contributed by atoms with E-state index in [2.05, 4.69) is 0 Å². The maximum absolute atomic E-state index is 11.2. The molecule has 30 atom stereocenters. The molecule has 0 aliphatic carbocycles. The van der Waals surface area contributed by atoms with Crippen molar-refractivity contribution in [3.63, 3.8) is 0 Å². The summed E-state index contributed by atoms with van der Waals surface area (Å²) in [6, 6.07) is 0. The van der Waals surface area contributed by atoms with Gasteiger partial charge >= 0.3 is 0 Å². The Morgan fingerprint density at radius 1 is 0.182 bits per heavy atom. The summed E-state index contributed by atoms with van der Waals surface area (Å²) in [6.07, 6.45) is -58.5. The number of ether oxygens (including phenoxy) is 12. The minimum atomic E-state index is -2.15. The molecule has 0 saturated carbocycles. The average Bonchev–Trinajstić information content (AvgIpc) is 3.31. The van der Waals surface area contributed by atoms with Gasteiger partial charge in [0.05, 0.1) is 39.6 Å². The fraction of sp³-hybridized carbons (Fsp3) is 1.00. The molecule has 12 bridgehead atoms. The van der Waals surface area contributed by atoms with Crippen LogP contribution in [0.4, 0.5) is 0 Å². The van der Waals surface area contributed by atoms with Gasteiger partial charge in [-0.15, -0.1) is 0 Å². The molecule has 22 saturated heterocycles. The van der Waals surface area contributed by atoms with Crippen molar-refractivity contribution in [2.75, 3.05) is 39.6 Å². The van der Waals surface area contributed by atoms with Crippen molar-refractivity contribution in [2.45, 2.75) is 184 Å². The van der Waals surface area contributed by atoms with E-state index in [1.807, 2.05) is 0 Å². The fourth-order valence-electron chi connectivity index (χ4n) is 8.93. The predicted molar refractivity (Wildman–Crippen MR) is 196 cm³/mol. The molecule has 0 aromatic heterocycles. The number of hydrogen-bond donors (Lipinski definition) is 18. The van der Waals surface area contributed by atoms with Crippen LogP contribution in [0.15, 0.2) is 0 Å². The quantitative estimate of drug-likeness (QED) is 0.117. The molecule has 22 aliphatic heterocycles. The second-order valence-electron chi connectivity index (χ2n) is 16.8. The third kappa shape index (κ3) is 10.0. The summed E-state index contributed by atoms with van der Waals surface area (Å²) in [5, 5.41) is 196. The SMILES string of the molecule is OC[C@H]1O[C@@H]2O[C@H]3[C@H](O)[C@@H](O)[C@@H](O[C@H]4[C@H](O)[C@@H](O)[C@@H](O[C@H]5[C@@H](O)[C@@H](O)[C@@H](O[C@H]6[C@H](O)[C@@H](O)[C@@H](O[C@H]7[C@H](O)[C@@H](O)[C@@H](O[C@H]1[C@H](O)[C@H]2O)O[C@@H]7CO)O[C@@H]6CO)O[C@@H]5CO)O[C@@H]4CO)O[C@@H]3CO. The number of rotatable bonds is 6. The zero-order chi connectivity index (χ0) is 48.0. The molecular formula is C36H60O30. The Labute approximate surface area is 372 Å². The summed E-state index contributed by atoms with van der Waals surface area (Å²) in [6.45, 7) is -5.99. The lowest BCUT2D eigenvalue weighted by Gasteiger charge is -2.50. The van der Waals surface area contributed by atoms with Gasteiger partial charge < -0.3 is 149 Å². The van der Waals surface area contributed by atoms with Gasteiger partial charge in [0.25, 0.3) is 0 Å². The van der Waals surface area contributed by atoms with E-state index in [0.29, 0.717) is 0 Å². The summed E-state index contributed by atoms with van der Waals surface area (Å²) in [5.41, 5.74) is 0. The molecule has 0 aromatic carbocycles. The van der Waals surface area contributed by atoms with Gasteiger partial charge in [0, 0.05) is 0 Å². The van der Waals surface area contributed by atoms with Crippen LogP contribution in [0.5, 0.6) is 0 Å². The van der Waals surface area contributed by atoms with Gasteiger partial charge in [0.2, 0.25) is 0 Å². The molecule has 18 N–H and O–H groups in total. The Morgan fingerprint density at radius 3 is 0.409 bits per heavy atom. The summed E-state index contributed by atoms with van der Waals surface area (Å²) in [5.74, 6) is 0. The average molecular weight is 973 g/mol. The van der Waals surface area contributed by atoms with Crippen LogP contribution in [-0.4, -0.2) is 316 Å². The van der Waals surface area contributed by atoms with Crippen molar-refractivity contribution in [2.24, 2.45) is 0 Å². The van der Waals surface area contributed by atoms with E-state index in [1.165, 1.54) is 0 Å². The van der Waals surface area contributed by atoms with Crippen molar-refractivity contribution in [3.8, 4) is 0 Å². The van der Waals surface area contributed by atoms with E-state index in [0.717, 1.165) is 0 Å². The standard InChI is InChI=1S/C36H60O30/c37-1-7-25-13(43)19(49)31(55-7)62-26-8(2-38)57-33(21(51)15(26)45)64-28-10(4-40)59-35(23(53)17(28)47)66-30-12(6-42)60-36(24(54)18(30)48)65-29-11(5-41)58-34(22(52)16(29)46)63-27-9(3-39)56-32(61-25)20(50)14(27)44/h7-54H,1-6H2/t7-,8-,9-,10-,11-,12-,13-,14-,15-,16-,17-,18+,19-,20-,21-,22-,23-,24-,25-,26-,27-,28-,29-,30-,31-,32-,33-,34-,35-,36-/m1/s1. The summed E-state index contributed by atoms with van der Waals surface area (Å²) >= 11 is 0. The molecule has 30 nitrogen and oxygen atoms in total. The van der Waals surface area contributed by atoms with Crippen LogP contribution in [0.25, 0.3) is 0 Å². The molecule has 22 rings (SSSR count). The molecule has 22 heterocycles. The lowest BCUT2D eigenvalue weighted by Crippen LogP contribution is -2.69. The highest BCUT2D eigenvalue weighted by Gasteiger charge is 2.58. The topological polar surface area (TPSA) is 475 Å². The van der Waals surface area contributed by atoms with Gasteiger partial charge in [0.15, 0.2) is 37.7 Å². The number of aliphatic hydroxyl groups is 18. The predicted octanol–water partition coefficient (Wildman–Crippen LogP) is -13.1. The van der Waals surface area contributed by atoms with E-state index in [1.54, 1.807) is 0 Å². The molecular weight excluding hydrogens is 912 g/mol. The van der Waals surface area contributed by atoms with Crippen LogP contribution in [0.1, 0.15) is 0 Å². The third-order valence-corrected chi connectivity index (χ3v) is 12.7. The van der Waals surface area contributed by atoms with Gasteiger partial charge in [-0.3, -0.25) is 0 Å². The zero-order valence-electron chi connectivity index (χ0n) is 34.5. The smallest absolute Gasteiger partial charge is 0.187 e. The van der Waals surface area contributed by atoms with Crippen LogP contribution in [0.3, 0.4) is 0 Å². The molecule has 0 spiro atoms. The van der Waals surface area contributed by atoms with Crippen molar-refractivity contribution in [1.82, 2.24) is 0 Å². The molecule has 0 radical (unpaired) electrons. The van der Waals surface area contributed by atoms with E-state index >= 15 is 0 Å². The maximum Gasteiger partial charge on any atom is 0.187 e. The van der Waals surface area contributed by atoms with Crippen LogP contribution < -0.4 is 0 Å². The Hall–Kier alpha value is -1.20. The van der Waals surface area contributed by atoms with Crippen LogP contribution in [-0.2, 0) is 56.8 Å². The van der Waals surface area contributed by atoms with E-state index < -0.39 is 224 Å². The first kappa shape index (κ1) is 52.6. The Bertz CT molecular complexity index is 1230.